The van der Waals surface area contributed by atoms with Crippen LogP contribution in [0.1, 0.15) is 79.8 Å². The molecule has 0 unspecified atom stereocenters. The molecule has 0 aliphatic heterocycles. The van der Waals surface area contributed by atoms with Crippen LogP contribution in [0, 0.1) is 6.92 Å². The van der Waals surface area contributed by atoms with Crippen molar-refractivity contribution in [3.63, 3.8) is 0 Å². The third kappa shape index (κ3) is 13.4. The molecule has 85 heavy (non-hydrogen) atoms. The molecule has 4 aromatic heterocycles. The molecule has 17 heteroatoms. The first-order valence-electron chi connectivity index (χ1n) is 26.5. The highest BCUT2D eigenvalue weighted by Gasteiger charge is 2.21. The average molecular weight is 1200 g/mol. The quantitative estimate of drug-likeness (QED) is 0.0939. The first kappa shape index (κ1) is 57.5. The number of nitrogens with zero attached hydrogens (tertiary/aromatic N) is 4. The summed E-state index contributed by atoms with van der Waals surface area (Å²) in [6, 6.07) is 59.7. The molecule has 422 valence electrons. The third-order valence-electron chi connectivity index (χ3n) is 13.9. The van der Waals surface area contributed by atoms with Gasteiger partial charge in [0.15, 0.2) is 22.3 Å². The van der Waals surface area contributed by atoms with Crippen LogP contribution >= 0.6 is 15.9 Å². The second kappa shape index (κ2) is 24.7. The Balaban J connectivity index is 0.000000127. The zero-order valence-electron chi connectivity index (χ0n) is 46.0. The van der Waals surface area contributed by atoms with Gasteiger partial charge in [-0.15, -0.1) is 0 Å². The lowest BCUT2D eigenvalue weighted by atomic mass is 9.82. The molecule has 13 aromatic rings. The van der Waals surface area contributed by atoms with Crippen molar-refractivity contribution in [2.75, 3.05) is 0 Å². The van der Waals surface area contributed by atoms with Crippen LogP contribution < -0.4 is 0 Å². The monoisotopic (exact) mass is 1190 g/mol. The molecule has 0 spiro atoms. The zero-order chi connectivity index (χ0) is 59.9. The van der Waals surface area contributed by atoms with Crippen molar-refractivity contribution in [2.24, 2.45) is 0 Å². The molecule has 16 nitrogen and oxygen atoms in total. The number of fused-ring (bicyclic) bond motifs is 4. The molecular formula is C68H51BrN4O12. The maximum absolute atomic E-state index is 11.1. The Bertz CT molecular complexity index is 4600. The number of benzene rings is 9. The van der Waals surface area contributed by atoms with Gasteiger partial charge in [0.05, 0.1) is 22.3 Å². The van der Waals surface area contributed by atoms with Crippen molar-refractivity contribution in [3.05, 3.63) is 238 Å². The number of rotatable bonds is 11. The maximum atomic E-state index is 11.1. The summed E-state index contributed by atoms with van der Waals surface area (Å²) >= 11 is 3.38. The molecule has 0 amide bonds. The van der Waals surface area contributed by atoms with Crippen molar-refractivity contribution in [3.8, 4) is 56.9 Å². The summed E-state index contributed by atoms with van der Waals surface area (Å²) < 4.78 is 23.7. The highest BCUT2D eigenvalue weighted by atomic mass is 79.9. The van der Waals surface area contributed by atoms with E-state index in [9.17, 15) is 19.2 Å². The van der Waals surface area contributed by atoms with E-state index < -0.39 is 23.9 Å². The van der Waals surface area contributed by atoms with E-state index in [1.807, 2.05) is 97.9 Å². The van der Waals surface area contributed by atoms with Crippen molar-refractivity contribution >= 4 is 84.2 Å². The third-order valence-corrected chi connectivity index (χ3v) is 14.4. The molecule has 9 aromatic carbocycles. The minimum absolute atomic E-state index is 0.0799. The number of carboxylic acid groups (broad SMARTS) is 4. The lowest BCUT2D eigenvalue weighted by Crippen LogP contribution is -2.14. The van der Waals surface area contributed by atoms with E-state index in [4.69, 9.17) is 38.1 Å². The van der Waals surface area contributed by atoms with Crippen molar-refractivity contribution in [1.82, 2.24) is 19.9 Å². The average Bonchev–Trinajstić information content (AvgIpc) is 3.26. The Kier molecular flexibility index (Phi) is 16.7. The van der Waals surface area contributed by atoms with E-state index in [1.54, 1.807) is 66.7 Å². The summed E-state index contributed by atoms with van der Waals surface area (Å²) in [5.41, 5.74) is 14.0. The fourth-order valence-electron chi connectivity index (χ4n) is 8.81. The van der Waals surface area contributed by atoms with Gasteiger partial charge in [0.1, 0.15) is 22.1 Å². The summed E-state index contributed by atoms with van der Waals surface area (Å²) in [7, 11) is 0. The molecule has 13 rings (SSSR count). The molecule has 4 heterocycles. The maximum Gasteiger partial charge on any atom is 0.335 e. The molecule has 0 saturated carbocycles. The van der Waals surface area contributed by atoms with Gasteiger partial charge in [0.25, 0.3) is 0 Å². The molecule has 0 aliphatic carbocycles. The van der Waals surface area contributed by atoms with E-state index in [1.165, 1.54) is 29.8 Å². The fourth-order valence-corrected chi connectivity index (χ4v) is 9.16. The zero-order valence-corrected chi connectivity index (χ0v) is 47.6. The molecule has 0 bridgehead atoms. The number of hydrogen-bond acceptors (Lipinski definition) is 12. The number of carbonyl (C=O) groups is 4. The topological polar surface area (TPSA) is 253 Å². The summed E-state index contributed by atoms with van der Waals surface area (Å²) in [5, 5.41) is 36.0. The molecule has 0 fully saturated rings. The number of hydrogen-bond donors (Lipinski definition) is 4. The summed E-state index contributed by atoms with van der Waals surface area (Å²) in [4.78, 5) is 61.6. The minimum atomic E-state index is -0.978. The normalized spacial score (nSPS) is 11.1. The van der Waals surface area contributed by atoms with Crippen LogP contribution in [0.3, 0.4) is 0 Å². The van der Waals surface area contributed by atoms with E-state index in [2.05, 4.69) is 74.8 Å². The van der Waals surface area contributed by atoms with Gasteiger partial charge in [-0.1, -0.05) is 103 Å². The van der Waals surface area contributed by atoms with Gasteiger partial charge >= 0.3 is 23.9 Å². The van der Waals surface area contributed by atoms with Gasteiger partial charge in [-0.2, -0.15) is 0 Å². The second-order valence-electron chi connectivity index (χ2n) is 20.2. The number of carboxylic acids is 4. The lowest BCUT2D eigenvalue weighted by Gasteiger charge is -2.22. The van der Waals surface area contributed by atoms with Crippen LogP contribution in [0.25, 0.3) is 101 Å². The Labute approximate surface area is 493 Å². The van der Waals surface area contributed by atoms with E-state index in [0.29, 0.717) is 62.5 Å². The Morgan fingerprint density at radius 3 is 1.27 bits per heavy atom. The molecule has 0 aliphatic rings. The van der Waals surface area contributed by atoms with Crippen molar-refractivity contribution < 1.29 is 57.3 Å². The predicted octanol–water partition coefficient (Wildman–Crippen LogP) is 17.2. The first-order valence-corrected chi connectivity index (χ1v) is 27.3. The largest absolute Gasteiger partial charge is 0.478 e. The SMILES string of the molecule is CCC(C)(C)c1ccc2oc(-c3cccc(C(=O)O)c3)nc2c1.Cc1ccc2oc(-c3cccc(C(=O)O)c3)nc2c1.O=C(O)c1ccc(-c2nc3cc(Br)ccc3o2)cc1.O=C(O)c1ccc2oc(-c3ccc(-c4ccccc4)cc3)nc2c1. The van der Waals surface area contributed by atoms with Crippen LogP contribution in [0.2, 0.25) is 0 Å². The van der Waals surface area contributed by atoms with Gasteiger partial charge in [0, 0.05) is 26.7 Å². The van der Waals surface area contributed by atoms with Gasteiger partial charge in [-0.05, 0) is 174 Å². The van der Waals surface area contributed by atoms with Gasteiger partial charge in [-0.25, -0.2) is 39.1 Å². The van der Waals surface area contributed by atoms with E-state index in [0.717, 1.165) is 55.3 Å². The second-order valence-corrected chi connectivity index (χ2v) is 21.1. The number of oxazole rings is 4. The highest BCUT2D eigenvalue weighted by molar-refractivity contribution is 9.10. The van der Waals surface area contributed by atoms with Crippen LogP contribution in [0.15, 0.2) is 222 Å². The molecular weight excluding hydrogens is 1140 g/mol. The Morgan fingerprint density at radius 1 is 0.388 bits per heavy atom. The standard InChI is InChI=1S/C20H13NO3.C19H19NO3.C15H11NO3.C14H8BrNO3/c22-20(23)16-10-11-18-17(12-16)21-19(24-18)15-8-6-14(7-9-15)13-4-2-1-3-5-13;1-4-19(2,3)14-8-9-16-15(11-14)20-17(23-16)12-6-5-7-13(10-12)18(21)22;1-9-5-6-13-12(7-9)16-14(19-13)10-3-2-4-11(8-10)15(17)18;15-10-5-6-12-11(7-10)16-13(19-12)8-1-3-9(4-2-8)14(17)18/h1-12H,(H,22,23);5-11H,4H2,1-3H3,(H,21,22);2-8H,1H3,(H,17,18);1-7H,(H,17,18). The van der Waals surface area contributed by atoms with Gasteiger partial charge < -0.3 is 38.1 Å². The number of aromatic nitrogens is 4. The Hall–Kier alpha value is -10.8. The fraction of sp³-hybridized carbons (Fsp3) is 0.0882. The summed E-state index contributed by atoms with van der Waals surface area (Å²) in [6.45, 7) is 8.55. The minimum Gasteiger partial charge on any atom is -0.478 e. The number of halogens is 1. The van der Waals surface area contributed by atoms with Crippen LogP contribution in [-0.4, -0.2) is 64.2 Å². The highest BCUT2D eigenvalue weighted by Crippen LogP contribution is 2.33. The molecule has 0 saturated heterocycles. The summed E-state index contributed by atoms with van der Waals surface area (Å²) in [5.74, 6) is -2.03. The molecule has 4 N–H and O–H groups in total. The number of aryl methyl sites for hydroxylation is 1. The summed E-state index contributed by atoms with van der Waals surface area (Å²) in [6.07, 6.45) is 1.03. The van der Waals surface area contributed by atoms with Crippen molar-refractivity contribution in [2.45, 2.75) is 39.5 Å². The first-order chi connectivity index (χ1) is 40.9. The van der Waals surface area contributed by atoms with E-state index >= 15 is 0 Å². The van der Waals surface area contributed by atoms with E-state index in [-0.39, 0.29) is 27.7 Å². The molecule has 0 atom stereocenters. The van der Waals surface area contributed by atoms with Crippen LogP contribution in [0.5, 0.6) is 0 Å². The van der Waals surface area contributed by atoms with Gasteiger partial charge in [-0.3, -0.25) is 0 Å². The van der Waals surface area contributed by atoms with Crippen LogP contribution in [0.4, 0.5) is 0 Å². The Morgan fingerprint density at radius 2 is 0.765 bits per heavy atom. The molecule has 0 radical (unpaired) electrons. The smallest absolute Gasteiger partial charge is 0.335 e. The lowest BCUT2D eigenvalue weighted by molar-refractivity contribution is 0.0686. The van der Waals surface area contributed by atoms with Gasteiger partial charge in [0.2, 0.25) is 23.6 Å². The van der Waals surface area contributed by atoms with Crippen molar-refractivity contribution in [1.29, 1.82) is 0 Å². The predicted molar refractivity (Wildman–Crippen MR) is 327 cm³/mol. The number of aromatic carboxylic acids is 4. The van der Waals surface area contributed by atoms with Crippen LogP contribution in [-0.2, 0) is 5.41 Å².